The van der Waals surface area contributed by atoms with E-state index in [0.29, 0.717) is 24.0 Å². The molecule has 0 fully saturated rings. The van der Waals surface area contributed by atoms with Crippen LogP contribution < -0.4 is 5.43 Å². The molecular formula is C30H42N2O3. The highest BCUT2D eigenvalue weighted by molar-refractivity contribution is 6.01. The summed E-state index contributed by atoms with van der Waals surface area (Å²) < 4.78 is 5.63. The Labute approximate surface area is 211 Å². The van der Waals surface area contributed by atoms with Crippen LogP contribution in [0.2, 0.25) is 0 Å². The molecule has 190 valence electrons. The molecule has 0 radical (unpaired) electrons. The summed E-state index contributed by atoms with van der Waals surface area (Å²) in [5.41, 5.74) is 7.72. The zero-order valence-corrected chi connectivity index (χ0v) is 22.7. The zero-order chi connectivity index (χ0) is 26.3. The van der Waals surface area contributed by atoms with Crippen molar-refractivity contribution in [3.05, 3.63) is 82.2 Å². The molecule has 1 atom stereocenters. The van der Waals surface area contributed by atoms with Crippen molar-refractivity contribution in [3.63, 3.8) is 0 Å². The summed E-state index contributed by atoms with van der Waals surface area (Å²) in [5.74, 6) is 0.213. The Morgan fingerprint density at radius 1 is 1.14 bits per heavy atom. The lowest BCUT2D eigenvalue weighted by Crippen LogP contribution is -2.56. The minimum atomic E-state index is -0.323. The van der Waals surface area contributed by atoms with E-state index < -0.39 is 0 Å². The van der Waals surface area contributed by atoms with Crippen LogP contribution in [0.4, 0.5) is 0 Å². The van der Waals surface area contributed by atoms with Crippen molar-refractivity contribution < 1.29 is 14.3 Å². The Morgan fingerprint density at radius 2 is 1.77 bits per heavy atom. The number of hydrogen-bond donors (Lipinski definition) is 1. The van der Waals surface area contributed by atoms with Gasteiger partial charge in [0.1, 0.15) is 5.76 Å². The summed E-state index contributed by atoms with van der Waals surface area (Å²) in [5, 5.41) is 1.56. The van der Waals surface area contributed by atoms with Crippen LogP contribution in [0.5, 0.6) is 0 Å². The predicted molar refractivity (Wildman–Crippen MR) is 144 cm³/mol. The van der Waals surface area contributed by atoms with Crippen molar-refractivity contribution in [2.45, 2.75) is 80.2 Å². The molecule has 0 saturated heterocycles. The lowest BCUT2D eigenvalue weighted by molar-refractivity contribution is -0.122. The van der Waals surface area contributed by atoms with Crippen LogP contribution >= 0.6 is 0 Å². The van der Waals surface area contributed by atoms with E-state index >= 15 is 0 Å². The van der Waals surface area contributed by atoms with Gasteiger partial charge in [-0.1, -0.05) is 69.0 Å². The number of rotatable bonds is 8. The average Bonchev–Trinajstić information content (AvgIpc) is 2.93. The van der Waals surface area contributed by atoms with E-state index in [2.05, 4.69) is 39.7 Å². The molecule has 5 heteroatoms. The monoisotopic (exact) mass is 478 g/mol. The lowest BCUT2D eigenvalue weighted by Gasteiger charge is -2.40. The number of carbonyl (C=O) groups is 2. The van der Waals surface area contributed by atoms with Gasteiger partial charge in [-0.3, -0.25) is 15.0 Å². The number of nitrogens with zero attached hydrogens (tertiary/aromatic N) is 1. The average molecular weight is 479 g/mol. The first kappa shape index (κ1) is 28.2. The second-order valence-electron chi connectivity index (χ2n) is 10.5. The highest BCUT2D eigenvalue weighted by Crippen LogP contribution is 2.30. The third-order valence-electron chi connectivity index (χ3n) is 6.38. The number of benzene rings is 1. The third kappa shape index (κ3) is 7.20. The Kier molecular flexibility index (Phi) is 9.70. The van der Waals surface area contributed by atoms with Crippen LogP contribution in [0, 0.1) is 19.3 Å². The summed E-state index contributed by atoms with van der Waals surface area (Å²) in [6.07, 6.45) is 8.60. The van der Waals surface area contributed by atoms with Crippen molar-refractivity contribution in [1.29, 1.82) is 0 Å². The van der Waals surface area contributed by atoms with Gasteiger partial charge in [-0.05, 0) is 62.8 Å². The van der Waals surface area contributed by atoms with Crippen molar-refractivity contribution in [2.24, 2.45) is 5.41 Å². The van der Waals surface area contributed by atoms with Gasteiger partial charge in [-0.15, -0.1) is 6.58 Å². The van der Waals surface area contributed by atoms with E-state index in [-0.39, 0.29) is 23.3 Å². The lowest BCUT2D eigenvalue weighted by atomic mass is 9.83. The number of aryl methyl sites for hydroxylation is 2. The van der Waals surface area contributed by atoms with Crippen molar-refractivity contribution in [3.8, 4) is 0 Å². The number of hydrazine groups is 1. The fourth-order valence-electron chi connectivity index (χ4n) is 4.57. The van der Waals surface area contributed by atoms with Crippen LogP contribution in [-0.2, 0) is 9.53 Å². The summed E-state index contributed by atoms with van der Waals surface area (Å²) in [6, 6.07) is 5.61. The Morgan fingerprint density at radius 3 is 2.29 bits per heavy atom. The van der Waals surface area contributed by atoms with E-state index in [1.165, 1.54) is 0 Å². The maximum atomic E-state index is 13.9. The molecule has 1 aromatic carbocycles. The molecule has 1 aliphatic rings. The minimum Gasteiger partial charge on any atom is -0.500 e. The van der Waals surface area contributed by atoms with Gasteiger partial charge in [0.25, 0.3) is 11.8 Å². The van der Waals surface area contributed by atoms with Crippen LogP contribution in [0.3, 0.4) is 0 Å². The van der Waals surface area contributed by atoms with Crippen molar-refractivity contribution in [1.82, 2.24) is 10.4 Å². The van der Waals surface area contributed by atoms with E-state index in [1.54, 1.807) is 12.1 Å². The molecule has 2 amide bonds. The van der Waals surface area contributed by atoms with E-state index in [9.17, 15) is 9.59 Å². The molecule has 5 nitrogen and oxygen atoms in total. The molecule has 1 aromatic rings. The zero-order valence-electron chi connectivity index (χ0n) is 22.7. The van der Waals surface area contributed by atoms with Gasteiger partial charge < -0.3 is 4.74 Å². The third-order valence-corrected chi connectivity index (χ3v) is 6.38. The smallest absolute Gasteiger partial charge is 0.272 e. The van der Waals surface area contributed by atoms with Gasteiger partial charge in [0.2, 0.25) is 0 Å². The van der Waals surface area contributed by atoms with E-state index in [1.807, 2.05) is 57.2 Å². The number of hydrogen-bond acceptors (Lipinski definition) is 3. The quantitative estimate of drug-likeness (QED) is 0.332. The largest absolute Gasteiger partial charge is 0.500 e. The SMILES string of the molecule is C=CCC1=CC=C(C(=O)NN(C(=O)c2cc(C)cc(C)c2)[C@H](CCC)C(C)(C)C)C(C)=C(OC)C1. The van der Waals surface area contributed by atoms with Crippen LogP contribution in [0.25, 0.3) is 0 Å². The van der Waals surface area contributed by atoms with Gasteiger partial charge in [0.15, 0.2) is 0 Å². The maximum Gasteiger partial charge on any atom is 0.272 e. The summed E-state index contributed by atoms with van der Waals surface area (Å²) in [4.78, 5) is 27.6. The summed E-state index contributed by atoms with van der Waals surface area (Å²) in [6.45, 7) is 18.1. The Bertz CT molecular complexity index is 1030. The van der Waals surface area contributed by atoms with Crippen LogP contribution in [-0.4, -0.2) is 30.0 Å². The highest BCUT2D eigenvalue weighted by Gasteiger charge is 2.35. The first-order valence-corrected chi connectivity index (χ1v) is 12.4. The number of ether oxygens (including phenoxy) is 1. The Balaban J connectivity index is 2.55. The Hall–Kier alpha value is -3.08. The topological polar surface area (TPSA) is 58.6 Å². The summed E-state index contributed by atoms with van der Waals surface area (Å²) >= 11 is 0. The number of nitrogens with one attached hydrogen (secondary N) is 1. The molecule has 0 aliphatic heterocycles. The van der Waals surface area contributed by atoms with Gasteiger partial charge >= 0.3 is 0 Å². The van der Waals surface area contributed by atoms with E-state index in [0.717, 1.165) is 40.9 Å². The number of amides is 2. The molecule has 1 aliphatic carbocycles. The molecule has 0 heterocycles. The first-order chi connectivity index (χ1) is 16.4. The van der Waals surface area contributed by atoms with Crippen molar-refractivity contribution >= 4 is 11.8 Å². The standard InChI is InChI=1S/C30H42N2O3/c1-10-12-23-14-15-25(22(5)26(19-23)35-9)28(33)31-32(27(13-11-2)30(6,7)8)29(34)24-17-20(3)16-21(4)18-24/h10,14-18,27H,1,11-13,19H2,2-9H3,(H,31,33)/t27-/m1/s1. The first-order valence-electron chi connectivity index (χ1n) is 12.4. The second-order valence-corrected chi connectivity index (χ2v) is 10.5. The fraction of sp³-hybridized carbons (Fsp3) is 0.467. The fourth-order valence-corrected chi connectivity index (χ4v) is 4.57. The van der Waals surface area contributed by atoms with Gasteiger partial charge in [0.05, 0.1) is 13.2 Å². The van der Waals surface area contributed by atoms with Crippen LogP contribution in [0.15, 0.2) is 65.5 Å². The minimum absolute atomic E-state index is 0.186. The second kappa shape index (κ2) is 12.1. The molecule has 0 bridgehead atoms. The molecular weight excluding hydrogens is 436 g/mol. The normalized spacial score (nSPS) is 15.0. The number of methoxy groups -OCH3 is 1. The molecule has 0 saturated carbocycles. The molecule has 0 spiro atoms. The number of allylic oxidation sites excluding steroid dienone is 4. The molecule has 1 N–H and O–H groups in total. The van der Waals surface area contributed by atoms with E-state index in [4.69, 9.17) is 4.74 Å². The van der Waals surface area contributed by atoms with Crippen LogP contribution in [0.1, 0.15) is 81.8 Å². The number of carbonyl (C=O) groups excluding carboxylic acids is 2. The maximum absolute atomic E-state index is 13.9. The molecule has 35 heavy (non-hydrogen) atoms. The molecule has 2 rings (SSSR count). The van der Waals surface area contributed by atoms with Gasteiger partial charge in [-0.25, -0.2) is 5.01 Å². The van der Waals surface area contributed by atoms with Gasteiger partial charge in [-0.2, -0.15) is 0 Å². The molecule has 0 unspecified atom stereocenters. The summed E-state index contributed by atoms with van der Waals surface area (Å²) in [7, 11) is 1.62. The highest BCUT2D eigenvalue weighted by atomic mass is 16.5. The molecule has 0 aromatic heterocycles. The predicted octanol–water partition coefficient (Wildman–Crippen LogP) is 6.74. The van der Waals surface area contributed by atoms with Gasteiger partial charge in [0, 0.05) is 17.6 Å². The van der Waals surface area contributed by atoms with Crippen molar-refractivity contribution in [2.75, 3.05) is 7.11 Å².